The molecule has 0 heterocycles. The number of nitrogens with zero attached hydrogens (tertiary/aromatic N) is 1. The van der Waals surface area contributed by atoms with Gasteiger partial charge in [0.05, 0.1) is 0 Å². The molecule has 0 unspecified atom stereocenters. The number of rotatable bonds is 7. The maximum atomic E-state index is 13.4. The third-order valence-corrected chi connectivity index (χ3v) is 5.75. The zero-order chi connectivity index (χ0) is 23.1. The average molecular weight is 438 g/mol. The van der Waals surface area contributed by atoms with E-state index in [1.54, 1.807) is 29.7 Å². The van der Waals surface area contributed by atoms with Crippen molar-refractivity contribution in [1.29, 1.82) is 0 Å². The first-order chi connectivity index (χ1) is 15.4. The van der Waals surface area contributed by atoms with Crippen LogP contribution in [0.5, 0.6) is 0 Å². The van der Waals surface area contributed by atoms with Crippen molar-refractivity contribution in [3.63, 3.8) is 0 Å². The van der Waals surface area contributed by atoms with Crippen LogP contribution >= 0.6 is 0 Å². The molecular weight excluding hydrogens is 406 g/mol. The van der Waals surface area contributed by atoms with E-state index in [2.05, 4.69) is 5.32 Å². The molecule has 1 saturated carbocycles. The molecule has 0 aliphatic heterocycles. The van der Waals surface area contributed by atoms with Gasteiger partial charge in [0.15, 0.2) is 0 Å². The molecule has 170 valence electrons. The third-order valence-electron chi connectivity index (χ3n) is 5.75. The molecule has 2 aromatic carbocycles. The summed E-state index contributed by atoms with van der Waals surface area (Å²) in [6, 6.07) is 12.4. The second-order valence-corrected chi connectivity index (χ2v) is 8.58. The Morgan fingerprint density at radius 2 is 1.56 bits per heavy atom. The van der Waals surface area contributed by atoms with Crippen LogP contribution in [0, 0.1) is 13.8 Å². The first kappa shape index (κ1) is 23.5. The van der Waals surface area contributed by atoms with E-state index in [0.717, 1.165) is 42.4 Å². The lowest BCUT2D eigenvalue weighted by atomic mass is 9.95. The lowest BCUT2D eigenvalue weighted by Crippen LogP contribution is -2.44. The Morgan fingerprint density at radius 3 is 2.16 bits per heavy atom. The van der Waals surface area contributed by atoms with Crippen LogP contribution in [0.4, 0.5) is 0 Å². The third kappa shape index (κ3) is 6.40. The maximum Gasteiger partial charge on any atom is 0.274 e. The van der Waals surface area contributed by atoms with Crippen LogP contribution in [0.1, 0.15) is 69.5 Å². The topological polar surface area (TPSA) is 98.7 Å². The molecule has 0 bridgehead atoms. The van der Waals surface area contributed by atoms with Crippen molar-refractivity contribution in [2.45, 2.75) is 58.5 Å². The summed E-state index contributed by atoms with van der Waals surface area (Å²) in [7, 11) is 0. The summed E-state index contributed by atoms with van der Waals surface area (Å²) in [5, 5.41) is 11.9. The molecular formula is C25H31N3O4. The molecule has 1 fully saturated rings. The molecule has 1 aliphatic carbocycles. The van der Waals surface area contributed by atoms with Gasteiger partial charge in [0.2, 0.25) is 5.91 Å². The summed E-state index contributed by atoms with van der Waals surface area (Å²) in [5.41, 5.74) is 5.20. The number of carbonyl (C=O) groups excluding carboxylic acids is 3. The number of benzene rings is 2. The number of hydroxylamine groups is 1. The van der Waals surface area contributed by atoms with Crippen molar-refractivity contribution < 1.29 is 19.6 Å². The second-order valence-electron chi connectivity index (χ2n) is 8.58. The van der Waals surface area contributed by atoms with Crippen LogP contribution in [0.2, 0.25) is 0 Å². The molecule has 0 radical (unpaired) electrons. The summed E-state index contributed by atoms with van der Waals surface area (Å²) in [6.45, 7) is 4.07. The molecule has 0 aromatic heterocycles. The predicted molar refractivity (Wildman–Crippen MR) is 121 cm³/mol. The van der Waals surface area contributed by atoms with E-state index in [4.69, 9.17) is 5.21 Å². The zero-order valence-electron chi connectivity index (χ0n) is 18.7. The van der Waals surface area contributed by atoms with Gasteiger partial charge in [-0.2, -0.15) is 0 Å². The van der Waals surface area contributed by atoms with Crippen molar-refractivity contribution in [1.82, 2.24) is 15.7 Å². The molecule has 2 aromatic rings. The van der Waals surface area contributed by atoms with Crippen LogP contribution in [-0.4, -0.2) is 40.4 Å². The fraction of sp³-hybridized carbons (Fsp3) is 0.400. The summed E-state index contributed by atoms with van der Waals surface area (Å²) in [5.74, 6) is -0.981. The molecule has 1 aliphatic rings. The number of aryl methyl sites for hydroxylation is 2. The average Bonchev–Trinajstić information content (AvgIpc) is 2.78. The highest BCUT2D eigenvalue weighted by Crippen LogP contribution is 2.18. The fourth-order valence-electron chi connectivity index (χ4n) is 4.22. The number of amides is 3. The van der Waals surface area contributed by atoms with Gasteiger partial charge < -0.3 is 10.2 Å². The van der Waals surface area contributed by atoms with Gasteiger partial charge in [0, 0.05) is 23.7 Å². The lowest BCUT2D eigenvalue weighted by Gasteiger charge is -2.26. The van der Waals surface area contributed by atoms with Crippen molar-refractivity contribution >= 4 is 17.7 Å². The molecule has 32 heavy (non-hydrogen) atoms. The van der Waals surface area contributed by atoms with Crippen LogP contribution in [0.3, 0.4) is 0 Å². The second kappa shape index (κ2) is 10.9. The lowest BCUT2D eigenvalue weighted by molar-refractivity contribution is -0.122. The summed E-state index contributed by atoms with van der Waals surface area (Å²) >= 11 is 0. The van der Waals surface area contributed by atoms with E-state index in [1.165, 1.54) is 11.3 Å². The normalized spacial score (nSPS) is 14.0. The molecule has 7 heteroatoms. The van der Waals surface area contributed by atoms with E-state index in [1.807, 2.05) is 32.0 Å². The Hall–Kier alpha value is -3.19. The largest absolute Gasteiger partial charge is 0.352 e. The first-order valence-electron chi connectivity index (χ1n) is 11.1. The van der Waals surface area contributed by atoms with Gasteiger partial charge >= 0.3 is 0 Å². The number of hydrogen-bond acceptors (Lipinski definition) is 4. The number of nitrogens with one attached hydrogen (secondary N) is 2. The van der Waals surface area contributed by atoms with E-state index in [9.17, 15) is 14.4 Å². The minimum absolute atomic E-state index is 0.0405. The SMILES string of the molecule is Cc1cc(C)cc(C(=O)N(CC(=O)NC2CCCCC2)Cc2ccc(C(=O)NO)cc2)c1. The van der Waals surface area contributed by atoms with Gasteiger partial charge in [-0.05, 0) is 56.5 Å². The minimum atomic E-state index is -0.605. The van der Waals surface area contributed by atoms with Gasteiger partial charge in [0.1, 0.15) is 6.54 Å². The summed E-state index contributed by atoms with van der Waals surface area (Å²) in [6.07, 6.45) is 5.39. The van der Waals surface area contributed by atoms with Gasteiger partial charge in [-0.25, -0.2) is 5.48 Å². The first-order valence-corrected chi connectivity index (χ1v) is 11.1. The molecule has 0 spiro atoms. The van der Waals surface area contributed by atoms with Crippen molar-refractivity contribution in [3.05, 3.63) is 70.3 Å². The Morgan fingerprint density at radius 1 is 0.938 bits per heavy atom. The molecule has 3 amide bonds. The molecule has 0 atom stereocenters. The number of hydrogen-bond donors (Lipinski definition) is 3. The fourth-order valence-corrected chi connectivity index (χ4v) is 4.22. The van der Waals surface area contributed by atoms with Crippen molar-refractivity contribution in [2.24, 2.45) is 0 Å². The minimum Gasteiger partial charge on any atom is -0.352 e. The smallest absolute Gasteiger partial charge is 0.274 e. The van der Waals surface area contributed by atoms with Crippen LogP contribution in [0.15, 0.2) is 42.5 Å². The standard InChI is InChI=1S/C25H31N3O4/c1-17-12-18(2)14-21(13-17)25(31)28(16-23(29)26-22-6-4-3-5-7-22)15-19-8-10-20(11-9-19)24(30)27-32/h8-14,22,32H,3-7,15-16H2,1-2H3,(H,26,29)(H,27,30). The quantitative estimate of drug-likeness (QED) is 0.456. The highest BCUT2D eigenvalue weighted by molar-refractivity contribution is 5.97. The van der Waals surface area contributed by atoms with Crippen molar-refractivity contribution in [3.8, 4) is 0 Å². The summed E-state index contributed by atoms with van der Waals surface area (Å²) in [4.78, 5) is 39.2. The van der Waals surface area contributed by atoms with Gasteiger partial charge in [-0.15, -0.1) is 0 Å². The Bertz CT molecular complexity index is 945. The zero-order valence-corrected chi connectivity index (χ0v) is 18.7. The van der Waals surface area contributed by atoms with E-state index >= 15 is 0 Å². The molecule has 7 nitrogen and oxygen atoms in total. The van der Waals surface area contributed by atoms with Gasteiger partial charge in [-0.3, -0.25) is 19.6 Å². The van der Waals surface area contributed by atoms with E-state index in [0.29, 0.717) is 11.1 Å². The van der Waals surface area contributed by atoms with Crippen LogP contribution in [-0.2, 0) is 11.3 Å². The molecule has 3 rings (SSSR count). The monoisotopic (exact) mass is 437 g/mol. The Labute approximate surface area is 188 Å². The maximum absolute atomic E-state index is 13.4. The van der Waals surface area contributed by atoms with Crippen molar-refractivity contribution in [2.75, 3.05) is 6.54 Å². The van der Waals surface area contributed by atoms with Gasteiger partial charge in [-0.1, -0.05) is 48.6 Å². The van der Waals surface area contributed by atoms with Crippen LogP contribution in [0.25, 0.3) is 0 Å². The highest BCUT2D eigenvalue weighted by Gasteiger charge is 2.22. The Kier molecular flexibility index (Phi) is 8.00. The van der Waals surface area contributed by atoms with Gasteiger partial charge in [0.25, 0.3) is 11.8 Å². The van der Waals surface area contributed by atoms with Crippen LogP contribution < -0.4 is 10.8 Å². The Balaban J connectivity index is 1.78. The number of carbonyl (C=O) groups is 3. The molecule has 0 saturated heterocycles. The summed E-state index contributed by atoms with van der Waals surface area (Å²) < 4.78 is 0. The van der Waals surface area contributed by atoms with E-state index < -0.39 is 5.91 Å². The van der Waals surface area contributed by atoms with E-state index in [-0.39, 0.29) is 30.9 Å². The highest BCUT2D eigenvalue weighted by atomic mass is 16.5. The predicted octanol–water partition coefficient (Wildman–Crippen LogP) is 3.51. The molecule has 3 N–H and O–H groups in total.